The Kier molecular flexibility index (Phi) is 6.21. The fourth-order valence-electron chi connectivity index (χ4n) is 3.59. The first-order valence-electron chi connectivity index (χ1n) is 10.1. The fourth-order valence-corrected chi connectivity index (χ4v) is 3.59. The second-order valence-corrected chi connectivity index (χ2v) is 7.21. The summed E-state index contributed by atoms with van der Waals surface area (Å²) in [5, 5.41) is 0. The van der Waals surface area contributed by atoms with Gasteiger partial charge in [-0.15, -0.1) is 13.2 Å². The highest BCUT2D eigenvalue weighted by atomic mass is 19.4. The summed E-state index contributed by atoms with van der Waals surface area (Å²) in [7, 11) is 1.58. The van der Waals surface area contributed by atoms with Crippen LogP contribution < -0.4 is 14.2 Å². The van der Waals surface area contributed by atoms with E-state index in [9.17, 15) is 13.2 Å². The van der Waals surface area contributed by atoms with Crippen LogP contribution in [0.25, 0.3) is 16.7 Å². The number of para-hydroxylation sites is 1. The smallest absolute Gasteiger partial charge is 0.497 e. The molecule has 164 valence electrons. The van der Waals surface area contributed by atoms with Crippen LogP contribution in [0.3, 0.4) is 0 Å². The molecule has 6 heteroatoms. The molecule has 0 amide bonds. The number of rotatable bonds is 6. The van der Waals surface area contributed by atoms with E-state index in [-0.39, 0.29) is 5.75 Å². The highest BCUT2D eigenvalue weighted by Crippen LogP contribution is 2.37. The minimum atomic E-state index is -4.73. The topological polar surface area (TPSA) is 27.7 Å². The van der Waals surface area contributed by atoms with Gasteiger partial charge in [0.05, 0.1) is 7.11 Å². The van der Waals surface area contributed by atoms with Gasteiger partial charge in [-0.3, -0.25) is 0 Å². The van der Waals surface area contributed by atoms with Gasteiger partial charge in [0.25, 0.3) is 0 Å². The van der Waals surface area contributed by atoms with E-state index in [1.54, 1.807) is 19.2 Å². The average Bonchev–Trinajstić information content (AvgIpc) is 2.79. The van der Waals surface area contributed by atoms with Gasteiger partial charge in [-0.05, 0) is 83.7 Å². The lowest BCUT2D eigenvalue weighted by atomic mass is 9.89. The van der Waals surface area contributed by atoms with E-state index in [1.807, 2.05) is 60.7 Å². The predicted octanol–water partition coefficient (Wildman–Crippen LogP) is 7.40. The molecule has 0 saturated heterocycles. The van der Waals surface area contributed by atoms with Gasteiger partial charge >= 0.3 is 6.36 Å². The Morgan fingerprint density at radius 2 is 1.50 bits per heavy atom. The lowest BCUT2D eigenvalue weighted by Crippen LogP contribution is -2.16. The van der Waals surface area contributed by atoms with Gasteiger partial charge in [-0.25, -0.2) is 0 Å². The highest BCUT2D eigenvalue weighted by molar-refractivity contribution is 5.83. The molecule has 3 aromatic carbocycles. The summed E-state index contributed by atoms with van der Waals surface area (Å²) >= 11 is 0. The quantitative estimate of drug-likeness (QED) is 0.401. The summed E-state index contributed by atoms with van der Waals surface area (Å²) in [5.74, 6) is 1.91. The molecule has 0 unspecified atom stereocenters. The van der Waals surface area contributed by atoms with Crippen LogP contribution in [0, 0.1) is 0 Å². The van der Waals surface area contributed by atoms with Crippen molar-refractivity contribution in [2.75, 3.05) is 7.11 Å². The third-order valence-electron chi connectivity index (χ3n) is 5.03. The first kappa shape index (κ1) is 21.6. The molecule has 0 aliphatic heterocycles. The van der Waals surface area contributed by atoms with Crippen molar-refractivity contribution in [3.63, 3.8) is 0 Å². The standard InChI is InChI=1S/C26H21F3O3/c1-30-22-14-15-24(19-6-5-9-23(16-19)31-20-7-3-2-4-8-20)25(17-22)18-10-12-21(13-11-18)32-26(27,28)29/h2-4,7-17H,5-6H2,1H3. The van der Waals surface area contributed by atoms with Gasteiger partial charge in [0, 0.05) is 0 Å². The van der Waals surface area contributed by atoms with Gasteiger partial charge in [0.2, 0.25) is 0 Å². The molecule has 0 fully saturated rings. The molecule has 0 heterocycles. The molecule has 1 aliphatic rings. The monoisotopic (exact) mass is 438 g/mol. The summed E-state index contributed by atoms with van der Waals surface area (Å²) in [6, 6.07) is 21.1. The Balaban J connectivity index is 1.67. The second-order valence-electron chi connectivity index (χ2n) is 7.21. The van der Waals surface area contributed by atoms with Crippen molar-refractivity contribution in [3.8, 4) is 28.4 Å². The molecule has 0 N–H and O–H groups in total. The number of ether oxygens (including phenoxy) is 3. The van der Waals surface area contributed by atoms with Crippen molar-refractivity contribution >= 4 is 5.57 Å². The van der Waals surface area contributed by atoms with Crippen LogP contribution in [0.2, 0.25) is 0 Å². The largest absolute Gasteiger partial charge is 0.573 e. The molecule has 1 aliphatic carbocycles. The summed E-state index contributed by atoms with van der Waals surface area (Å²) in [6.07, 6.45) is 0.955. The Labute approximate surface area is 184 Å². The van der Waals surface area contributed by atoms with E-state index in [1.165, 1.54) is 12.1 Å². The number of benzene rings is 3. The Bertz CT molecular complexity index is 1130. The molecule has 3 nitrogen and oxygen atoms in total. The minimum absolute atomic E-state index is 0.260. The van der Waals surface area contributed by atoms with Crippen LogP contribution in [0.4, 0.5) is 13.2 Å². The van der Waals surface area contributed by atoms with E-state index >= 15 is 0 Å². The highest BCUT2D eigenvalue weighted by Gasteiger charge is 2.31. The lowest BCUT2D eigenvalue weighted by molar-refractivity contribution is -0.274. The van der Waals surface area contributed by atoms with Crippen LogP contribution in [-0.2, 0) is 0 Å². The van der Waals surface area contributed by atoms with E-state index < -0.39 is 6.36 Å². The van der Waals surface area contributed by atoms with E-state index in [2.05, 4.69) is 4.74 Å². The molecule has 4 rings (SSSR count). The molecular formula is C26H21F3O3. The van der Waals surface area contributed by atoms with Gasteiger partial charge in [-0.1, -0.05) is 36.4 Å². The Morgan fingerprint density at radius 3 is 2.19 bits per heavy atom. The molecule has 0 spiro atoms. The van der Waals surface area contributed by atoms with Gasteiger partial charge in [0.1, 0.15) is 23.0 Å². The first-order valence-corrected chi connectivity index (χ1v) is 10.1. The van der Waals surface area contributed by atoms with Crippen molar-refractivity contribution in [2.24, 2.45) is 0 Å². The fraction of sp³-hybridized carbons (Fsp3) is 0.154. The van der Waals surface area contributed by atoms with Crippen LogP contribution in [-0.4, -0.2) is 13.5 Å². The lowest BCUT2D eigenvalue weighted by Gasteiger charge is -2.19. The summed E-state index contributed by atoms with van der Waals surface area (Å²) in [4.78, 5) is 0. The molecule has 0 aromatic heterocycles. The van der Waals surface area contributed by atoms with E-state index in [0.717, 1.165) is 46.6 Å². The summed E-state index contributed by atoms with van der Waals surface area (Å²) < 4.78 is 52.9. The van der Waals surface area contributed by atoms with Crippen molar-refractivity contribution in [1.29, 1.82) is 0 Å². The average molecular weight is 438 g/mol. The van der Waals surface area contributed by atoms with Crippen molar-refractivity contribution in [3.05, 3.63) is 96.3 Å². The molecule has 0 radical (unpaired) electrons. The van der Waals surface area contributed by atoms with Crippen molar-refractivity contribution in [1.82, 2.24) is 0 Å². The first-order chi connectivity index (χ1) is 15.4. The van der Waals surface area contributed by atoms with Crippen LogP contribution in [0.5, 0.6) is 17.2 Å². The van der Waals surface area contributed by atoms with Gasteiger partial charge < -0.3 is 14.2 Å². The molecule has 0 bridgehead atoms. The minimum Gasteiger partial charge on any atom is -0.497 e. The summed E-state index contributed by atoms with van der Waals surface area (Å²) in [5.41, 5.74) is 3.66. The summed E-state index contributed by atoms with van der Waals surface area (Å²) in [6.45, 7) is 0. The van der Waals surface area contributed by atoms with Crippen molar-refractivity contribution in [2.45, 2.75) is 19.2 Å². The zero-order chi connectivity index (χ0) is 22.6. The molecular weight excluding hydrogens is 417 g/mol. The number of halogens is 3. The number of methoxy groups -OCH3 is 1. The SMILES string of the molecule is COc1ccc(C2=CC(Oc3ccccc3)=CCC2)c(-c2ccc(OC(F)(F)F)cc2)c1. The normalized spacial score (nSPS) is 13.8. The maximum Gasteiger partial charge on any atom is 0.573 e. The van der Waals surface area contributed by atoms with Crippen LogP contribution in [0.1, 0.15) is 18.4 Å². The second kappa shape index (κ2) is 9.22. The molecule has 32 heavy (non-hydrogen) atoms. The zero-order valence-electron chi connectivity index (χ0n) is 17.4. The zero-order valence-corrected chi connectivity index (χ0v) is 17.4. The third-order valence-corrected chi connectivity index (χ3v) is 5.03. The number of alkyl halides is 3. The maximum atomic E-state index is 12.5. The number of allylic oxidation sites excluding steroid dienone is 3. The molecule has 3 aromatic rings. The predicted molar refractivity (Wildman–Crippen MR) is 117 cm³/mol. The van der Waals surface area contributed by atoms with Gasteiger partial charge in [-0.2, -0.15) is 0 Å². The van der Waals surface area contributed by atoms with Crippen LogP contribution in [0.15, 0.2) is 90.7 Å². The van der Waals surface area contributed by atoms with E-state index in [4.69, 9.17) is 9.47 Å². The van der Waals surface area contributed by atoms with Crippen molar-refractivity contribution < 1.29 is 27.4 Å². The number of hydrogen-bond acceptors (Lipinski definition) is 3. The van der Waals surface area contributed by atoms with Gasteiger partial charge in [0.15, 0.2) is 0 Å². The Hall–Kier alpha value is -3.67. The number of hydrogen-bond donors (Lipinski definition) is 0. The van der Waals surface area contributed by atoms with Crippen LogP contribution >= 0.6 is 0 Å². The molecule has 0 saturated carbocycles. The van der Waals surface area contributed by atoms with E-state index in [0.29, 0.717) is 5.75 Å². The maximum absolute atomic E-state index is 12.5. The third kappa shape index (κ3) is 5.32. The molecule has 0 atom stereocenters. The Morgan fingerprint density at radius 1 is 0.781 bits per heavy atom.